The zero-order chi connectivity index (χ0) is 18.6. The zero-order valence-corrected chi connectivity index (χ0v) is 15.6. The number of nitrogens with one attached hydrogen (secondary N) is 2. The summed E-state index contributed by atoms with van der Waals surface area (Å²) in [6.07, 6.45) is 0. The Balaban J connectivity index is 2.00. The highest BCUT2D eigenvalue weighted by Crippen LogP contribution is 2.30. The van der Waals surface area contributed by atoms with Gasteiger partial charge in [-0.15, -0.1) is 0 Å². The Bertz CT molecular complexity index is 774. The number of amides is 2. The van der Waals surface area contributed by atoms with E-state index in [4.69, 9.17) is 27.7 Å². The van der Waals surface area contributed by atoms with E-state index in [1.807, 2.05) is 13.8 Å². The number of hydrogen-bond acceptors (Lipinski definition) is 4. The molecule has 2 aromatic rings. The molecule has 2 rings (SSSR count). The van der Waals surface area contributed by atoms with E-state index >= 15 is 0 Å². The summed E-state index contributed by atoms with van der Waals surface area (Å²) in [7, 11) is 0. The molecule has 1 atom stereocenters. The van der Waals surface area contributed by atoms with Crippen LogP contribution in [-0.2, 0) is 9.59 Å². The van der Waals surface area contributed by atoms with Crippen molar-refractivity contribution < 1.29 is 14.1 Å². The Hall–Kier alpha value is -2.05. The summed E-state index contributed by atoms with van der Waals surface area (Å²) in [6, 6.07) is 6.68. The number of carbonyl (C=O) groups excluding carboxylic acids is 2. The topological polar surface area (TPSA) is 84.2 Å². The van der Waals surface area contributed by atoms with Crippen molar-refractivity contribution >= 4 is 40.8 Å². The van der Waals surface area contributed by atoms with E-state index in [0.29, 0.717) is 21.6 Å². The summed E-state index contributed by atoms with van der Waals surface area (Å²) in [5.74, 6) is -0.200. The summed E-state index contributed by atoms with van der Waals surface area (Å²) in [4.78, 5) is 24.4. The number of halogens is 2. The first-order chi connectivity index (χ1) is 11.8. The van der Waals surface area contributed by atoms with Gasteiger partial charge in [0, 0.05) is 6.07 Å². The van der Waals surface area contributed by atoms with Crippen LogP contribution in [0.1, 0.15) is 31.1 Å². The molecule has 0 aliphatic carbocycles. The van der Waals surface area contributed by atoms with Gasteiger partial charge in [0.15, 0.2) is 5.82 Å². The third-order valence-corrected chi connectivity index (χ3v) is 4.31. The minimum Gasteiger partial charge on any atom is -0.360 e. The molecule has 0 aliphatic rings. The van der Waals surface area contributed by atoms with E-state index in [1.165, 1.54) is 0 Å². The van der Waals surface area contributed by atoms with Crippen LogP contribution < -0.4 is 10.6 Å². The predicted molar refractivity (Wildman–Crippen MR) is 96.9 cm³/mol. The van der Waals surface area contributed by atoms with Gasteiger partial charge < -0.3 is 15.2 Å². The minimum atomic E-state index is -0.447. The second-order valence-corrected chi connectivity index (χ2v) is 6.80. The van der Waals surface area contributed by atoms with Gasteiger partial charge >= 0.3 is 0 Å². The summed E-state index contributed by atoms with van der Waals surface area (Å²) < 4.78 is 4.86. The highest BCUT2D eigenvalue weighted by molar-refractivity contribution is 6.42. The van der Waals surface area contributed by atoms with Gasteiger partial charge in [-0.3, -0.25) is 9.59 Å². The Labute approximate surface area is 155 Å². The molecular weight excluding hydrogens is 365 g/mol. The lowest BCUT2D eigenvalue weighted by Crippen LogP contribution is -2.37. The van der Waals surface area contributed by atoms with Crippen molar-refractivity contribution in [1.82, 2.24) is 10.5 Å². The van der Waals surface area contributed by atoms with Gasteiger partial charge in [-0.05, 0) is 30.5 Å². The van der Waals surface area contributed by atoms with Gasteiger partial charge in [0.2, 0.25) is 11.8 Å². The standard InChI is InChI=1S/C17H19Cl2N3O3/c1-9(2)16(11-4-5-12(18)13(19)7-11)17(24)20-8-15(23)21-14-6-10(3)25-22-14/h4-7,9,16H,8H2,1-3H3,(H,20,24)(H,21,22,23). The SMILES string of the molecule is Cc1cc(NC(=O)CNC(=O)C(c2ccc(Cl)c(Cl)c2)C(C)C)no1. The molecule has 25 heavy (non-hydrogen) atoms. The zero-order valence-electron chi connectivity index (χ0n) is 14.1. The number of nitrogens with zero attached hydrogens (tertiary/aromatic N) is 1. The van der Waals surface area contributed by atoms with Crippen LogP contribution in [-0.4, -0.2) is 23.5 Å². The van der Waals surface area contributed by atoms with Gasteiger partial charge in [-0.1, -0.05) is 48.3 Å². The van der Waals surface area contributed by atoms with E-state index in [2.05, 4.69) is 15.8 Å². The molecule has 6 nitrogen and oxygen atoms in total. The lowest BCUT2D eigenvalue weighted by molar-refractivity contribution is -0.126. The lowest BCUT2D eigenvalue weighted by Gasteiger charge is -2.21. The molecule has 1 aromatic heterocycles. The van der Waals surface area contributed by atoms with E-state index in [1.54, 1.807) is 31.2 Å². The normalized spacial score (nSPS) is 12.1. The third kappa shape index (κ3) is 5.21. The van der Waals surface area contributed by atoms with E-state index in [9.17, 15) is 9.59 Å². The molecule has 134 valence electrons. The molecule has 0 spiro atoms. The van der Waals surface area contributed by atoms with Gasteiger partial charge in [0.25, 0.3) is 0 Å². The van der Waals surface area contributed by atoms with E-state index in [0.717, 1.165) is 5.56 Å². The van der Waals surface area contributed by atoms with Crippen LogP contribution in [0.25, 0.3) is 0 Å². The van der Waals surface area contributed by atoms with Crippen LogP contribution in [0.2, 0.25) is 10.0 Å². The van der Waals surface area contributed by atoms with Gasteiger partial charge in [0.1, 0.15) is 5.76 Å². The average molecular weight is 384 g/mol. The van der Waals surface area contributed by atoms with Crippen LogP contribution in [0.5, 0.6) is 0 Å². The van der Waals surface area contributed by atoms with Crippen molar-refractivity contribution in [3.63, 3.8) is 0 Å². The number of aromatic nitrogens is 1. The van der Waals surface area contributed by atoms with Crippen molar-refractivity contribution in [3.05, 3.63) is 45.6 Å². The maximum Gasteiger partial charge on any atom is 0.245 e. The second-order valence-electron chi connectivity index (χ2n) is 5.98. The quantitative estimate of drug-likeness (QED) is 0.794. The molecule has 2 N–H and O–H groups in total. The third-order valence-electron chi connectivity index (χ3n) is 3.57. The van der Waals surface area contributed by atoms with Gasteiger partial charge in [-0.25, -0.2) is 0 Å². The Kier molecular flexibility index (Phi) is 6.45. The van der Waals surface area contributed by atoms with Gasteiger partial charge in [-0.2, -0.15) is 0 Å². The van der Waals surface area contributed by atoms with Crippen molar-refractivity contribution in [3.8, 4) is 0 Å². The van der Waals surface area contributed by atoms with E-state index < -0.39 is 11.8 Å². The fourth-order valence-electron chi connectivity index (χ4n) is 2.43. The van der Waals surface area contributed by atoms with Crippen molar-refractivity contribution in [1.29, 1.82) is 0 Å². The molecule has 0 bridgehead atoms. The number of carbonyl (C=O) groups is 2. The lowest BCUT2D eigenvalue weighted by atomic mass is 9.87. The number of anilines is 1. The van der Waals surface area contributed by atoms with Crippen molar-refractivity contribution in [2.75, 3.05) is 11.9 Å². The molecule has 1 heterocycles. The first-order valence-electron chi connectivity index (χ1n) is 7.73. The van der Waals surface area contributed by atoms with Gasteiger partial charge in [0.05, 0.1) is 22.5 Å². The van der Waals surface area contributed by atoms with Crippen molar-refractivity contribution in [2.45, 2.75) is 26.7 Å². The maximum atomic E-state index is 12.5. The van der Waals surface area contributed by atoms with Crippen LogP contribution in [0.15, 0.2) is 28.8 Å². The molecule has 8 heteroatoms. The second kappa shape index (κ2) is 8.36. The Morgan fingerprint density at radius 1 is 1.20 bits per heavy atom. The maximum absolute atomic E-state index is 12.5. The largest absolute Gasteiger partial charge is 0.360 e. The molecule has 1 aromatic carbocycles. The number of hydrogen-bond donors (Lipinski definition) is 2. The number of benzene rings is 1. The van der Waals surface area contributed by atoms with Crippen LogP contribution in [0.4, 0.5) is 5.82 Å². The molecule has 0 saturated carbocycles. The number of aryl methyl sites for hydroxylation is 1. The minimum absolute atomic E-state index is 0.0125. The average Bonchev–Trinajstić information content (AvgIpc) is 2.93. The molecule has 0 aliphatic heterocycles. The fraction of sp³-hybridized carbons (Fsp3) is 0.353. The monoisotopic (exact) mass is 383 g/mol. The molecule has 0 fully saturated rings. The summed E-state index contributed by atoms with van der Waals surface area (Å²) in [6.45, 7) is 5.39. The predicted octanol–water partition coefficient (Wildman–Crippen LogP) is 3.78. The van der Waals surface area contributed by atoms with Crippen molar-refractivity contribution in [2.24, 2.45) is 5.92 Å². The fourth-order valence-corrected chi connectivity index (χ4v) is 2.74. The smallest absolute Gasteiger partial charge is 0.245 e. The molecule has 2 amide bonds. The molecular formula is C17H19Cl2N3O3. The van der Waals surface area contributed by atoms with Crippen LogP contribution in [0, 0.1) is 12.8 Å². The number of rotatable bonds is 6. The summed E-state index contributed by atoms with van der Waals surface area (Å²) in [5.41, 5.74) is 0.745. The van der Waals surface area contributed by atoms with E-state index in [-0.39, 0.29) is 18.4 Å². The first-order valence-corrected chi connectivity index (χ1v) is 8.49. The molecule has 0 saturated heterocycles. The Morgan fingerprint density at radius 2 is 1.92 bits per heavy atom. The highest BCUT2D eigenvalue weighted by atomic mass is 35.5. The summed E-state index contributed by atoms with van der Waals surface area (Å²) >= 11 is 12.0. The Morgan fingerprint density at radius 3 is 2.48 bits per heavy atom. The van der Waals surface area contributed by atoms with Crippen LogP contribution in [0.3, 0.4) is 0 Å². The molecule has 0 radical (unpaired) electrons. The van der Waals surface area contributed by atoms with Crippen LogP contribution >= 0.6 is 23.2 Å². The summed E-state index contributed by atoms with van der Waals surface area (Å²) in [5, 5.41) is 9.66. The first kappa shape index (κ1) is 19.3. The molecule has 1 unspecified atom stereocenters. The highest BCUT2D eigenvalue weighted by Gasteiger charge is 2.25.